The van der Waals surface area contributed by atoms with E-state index in [0.717, 1.165) is 42.3 Å². The molecule has 0 unspecified atom stereocenters. The molecule has 2 aromatic rings. The fourth-order valence-corrected chi connectivity index (χ4v) is 3.69. The van der Waals surface area contributed by atoms with Crippen LogP contribution in [0.3, 0.4) is 0 Å². The summed E-state index contributed by atoms with van der Waals surface area (Å²) in [4.78, 5) is 27.2. The van der Waals surface area contributed by atoms with Crippen molar-refractivity contribution in [2.45, 2.75) is 65.5 Å². The van der Waals surface area contributed by atoms with E-state index in [0.29, 0.717) is 12.5 Å². The lowest BCUT2D eigenvalue weighted by molar-refractivity contribution is 0.238. The quantitative estimate of drug-likeness (QED) is 0.927. The van der Waals surface area contributed by atoms with Crippen molar-refractivity contribution >= 4 is 11.3 Å². The minimum absolute atomic E-state index is 0.00997. The van der Waals surface area contributed by atoms with Crippen LogP contribution < -0.4 is 5.56 Å². The summed E-state index contributed by atoms with van der Waals surface area (Å²) in [7, 11) is 0. The number of hydrogen-bond donors (Lipinski definition) is 1. The Bertz CT molecular complexity index is 785. The summed E-state index contributed by atoms with van der Waals surface area (Å²) >= 11 is 1.72. The second-order valence-corrected chi connectivity index (χ2v) is 8.77. The number of H-pyrrole nitrogens is 1. The van der Waals surface area contributed by atoms with Crippen molar-refractivity contribution in [1.82, 2.24) is 19.9 Å². The predicted molar refractivity (Wildman–Crippen MR) is 97.6 cm³/mol. The number of rotatable bonds is 3. The largest absolute Gasteiger partial charge is 0.310 e. The monoisotopic (exact) mass is 346 g/mol. The molecule has 5 nitrogen and oxygen atoms in total. The lowest BCUT2D eigenvalue weighted by Gasteiger charge is -2.28. The Morgan fingerprint density at radius 1 is 1.33 bits per heavy atom. The molecule has 0 bridgehead atoms. The normalized spacial score (nSPS) is 15.8. The molecule has 2 aromatic heterocycles. The van der Waals surface area contributed by atoms with Crippen molar-refractivity contribution in [3.05, 3.63) is 43.5 Å². The van der Waals surface area contributed by atoms with Gasteiger partial charge < -0.3 is 4.98 Å². The standard InChI is InChI=1S/C18H26N4OS/c1-11(2)16-19-12(10-24-16)8-22-7-6-14-13(9-22)15(23)21-17(20-14)18(3,4)5/h10-11H,6-9H2,1-5H3,(H,20,21,23). The van der Waals surface area contributed by atoms with Gasteiger partial charge in [-0.2, -0.15) is 0 Å². The maximum Gasteiger partial charge on any atom is 0.255 e. The second-order valence-electron chi connectivity index (χ2n) is 7.88. The molecule has 130 valence electrons. The lowest BCUT2D eigenvalue weighted by Crippen LogP contribution is -2.37. The molecule has 1 aliphatic rings. The fraction of sp³-hybridized carbons (Fsp3) is 0.611. The molecule has 3 rings (SSSR count). The second kappa shape index (κ2) is 6.41. The van der Waals surface area contributed by atoms with Crippen molar-refractivity contribution in [1.29, 1.82) is 0 Å². The van der Waals surface area contributed by atoms with Crippen LogP contribution in [0, 0.1) is 0 Å². The summed E-state index contributed by atoms with van der Waals surface area (Å²) in [5.41, 5.74) is 2.74. The SMILES string of the molecule is CC(C)c1nc(CN2CCc3nc(C(C)(C)C)[nH]c(=O)c3C2)cs1. The van der Waals surface area contributed by atoms with Crippen LogP contribution in [-0.2, 0) is 24.9 Å². The van der Waals surface area contributed by atoms with Crippen LogP contribution in [0.4, 0.5) is 0 Å². The third kappa shape index (κ3) is 3.59. The predicted octanol–water partition coefficient (Wildman–Crippen LogP) is 3.21. The van der Waals surface area contributed by atoms with Gasteiger partial charge in [-0.1, -0.05) is 34.6 Å². The Labute approximate surface area is 147 Å². The summed E-state index contributed by atoms with van der Waals surface area (Å²) in [6.07, 6.45) is 0.823. The van der Waals surface area contributed by atoms with Crippen LogP contribution in [0.2, 0.25) is 0 Å². The molecule has 0 amide bonds. The number of aromatic nitrogens is 3. The van der Waals surface area contributed by atoms with Crippen molar-refractivity contribution in [3.8, 4) is 0 Å². The van der Waals surface area contributed by atoms with E-state index in [-0.39, 0.29) is 11.0 Å². The van der Waals surface area contributed by atoms with E-state index in [4.69, 9.17) is 9.97 Å². The zero-order valence-electron chi connectivity index (χ0n) is 15.1. The van der Waals surface area contributed by atoms with E-state index in [1.807, 2.05) is 0 Å². The Kier molecular flexibility index (Phi) is 4.62. The van der Waals surface area contributed by atoms with Gasteiger partial charge in [-0.15, -0.1) is 11.3 Å². The molecular weight excluding hydrogens is 320 g/mol. The molecular formula is C18H26N4OS. The first-order valence-electron chi connectivity index (χ1n) is 8.53. The average molecular weight is 347 g/mol. The molecule has 0 saturated heterocycles. The van der Waals surface area contributed by atoms with Gasteiger partial charge in [-0.3, -0.25) is 9.69 Å². The molecule has 0 aliphatic carbocycles. The van der Waals surface area contributed by atoms with Crippen molar-refractivity contribution in [2.24, 2.45) is 0 Å². The highest BCUT2D eigenvalue weighted by Gasteiger charge is 2.25. The summed E-state index contributed by atoms with van der Waals surface area (Å²) in [6.45, 7) is 12.9. The van der Waals surface area contributed by atoms with Crippen LogP contribution in [0.15, 0.2) is 10.2 Å². The molecule has 0 radical (unpaired) electrons. The third-order valence-electron chi connectivity index (χ3n) is 4.31. The van der Waals surface area contributed by atoms with E-state index in [1.165, 1.54) is 5.01 Å². The Morgan fingerprint density at radius 3 is 2.71 bits per heavy atom. The highest BCUT2D eigenvalue weighted by Crippen LogP contribution is 2.23. The molecule has 0 spiro atoms. The highest BCUT2D eigenvalue weighted by atomic mass is 32.1. The first kappa shape index (κ1) is 17.3. The van der Waals surface area contributed by atoms with Gasteiger partial charge in [0.1, 0.15) is 5.82 Å². The van der Waals surface area contributed by atoms with Crippen LogP contribution in [0.25, 0.3) is 0 Å². The first-order valence-corrected chi connectivity index (χ1v) is 9.41. The zero-order chi connectivity index (χ0) is 17.5. The topological polar surface area (TPSA) is 61.9 Å². The van der Waals surface area contributed by atoms with Gasteiger partial charge in [0.2, 0.25) is 0 Å². The Hall–Kier alpha value is -1.53. The van der Waals surface area contributed by atoms with Gasteiger partial charge in [-0.25, -0.2) is 9.97 Å². The van der Waals surface area contributed by atoms with Gasteiger partial charge in [0.15, 0.2) is 0 Å². The lowest BCUT2D eigenvalue weighted by atomic mass is 9.95. The van der Waals surface area contributed by atoms with E-state index in [2.05, 4.69) is 49.9 Å². The minimum atomic E-state index is -0.140. The molecule has 0 saturated carbocycles. The van der Waals surface area contributed by atoms with Crippen LogP contribution in [0.1, 0.15) is 68.3 Å². The van der Waals surface area contributed by atoms with Crippen molar-refractivity contribution < 1.29 is 0 Å². The maximum absolute atomic E-state index is 12.5. The molecule has 0 fully saturated rings. The average Bonchev–Trinajstić information content (AvgIpc) is 2.95. The van der Waals surface area contributed by atoms with Crippen molar-refractivity contribution in [2.75, 3.05) is 6.54 Å². The number of nitrogens with one attached hydrogen (secondary N) is 1. The van der Waals surface area contributed by atoms with Crippen LogP contribution >= 0.6 is 11.3 Å². The Morgan fingerprint density at radius 2 is 2.08 bits per heavy atom. The van der Waals surface area contributed by atoms with E-state index >= 15 is 0 Å². The van der Waals surface area contributed by atoms with Gasteiger partial charge in [0, 0.05) is 42.8 Å². The van der Waals surface area contributed by atoms with Gasteiger partial charge in [-0.05, 0) is 0 Å². The number of fused-ring (bicyclic) bond motifs is 1. The fourth-order valence-electron chi connectivity index (χ4n) is 2.86. The Balaban J connectivity index is 1.78. The summed E-state index contributed by atoms with van der Waals surface area (Å²) in [5.74, 6) is 1.24. The van der Waals surface area contributed by atoms with Crippen LogP contribution in [-0.4, -0.2) is 26.4 Å². The van der Waals surface area contributed by atoms with E-state index in [9.17, 15) is 4.79 Å². The van der Waals surface area contributed by atoms with Gasteiger partial charge >= 0.3 is 0 Å². The highest BCUT2D eigenvalue weighted by molar-refractivity contribution is 7.09. The molecule has 6 heteroatoms. The maximum atomic E-state index is 12.5. The molecule has 1 aliphatic heterocycles. The summed E-state index contributed by atoms with van der Waals surface area (Å²) in [6, 6.07) is 0. The zero-order valence-corrected chi connectivity index (χ0v) is 16.0. The number of hydrogen-bond acceptors (Lipinski definition) is 5. The first-order chi connectivity index (χ1) is 11.2. The van der Waals surface area contributed by atoms with Crippen molar-refractivity contribution in [3.63, 3.8) is 0 Å². The molecule has 0 atom stereocenters. The molecule has 24 heavy (non-hydrogen) atoms. The number of aromatic amines is 1. The number of thiazole rings is 1. The van der Waals surface area contributed by atoms with E-state index < -0.39 is 0 Å². The molecule has 1 N–H and O–H groups in total. The van der Waals surface area contributed by atoms with Gasteiger partial charge in [0.25, 0.3) is 5.56 Å². The van der Waals surface area contributed by atoms with Crippen LogP contribution in [0.5, 0.6) is 0 Å². The van der Waals surface area contributed by atoms with E-state index in [1.54, 1.807) is 11.3 Å². The molecule has 0 aromatic carbocycles. The summed E-state index contributed by atoms with van der Waals surface area (Å²) in [5, 5.41) is 3.31. The molecule has 3 heterocycles. The number of nitrogens with zero attached hydrogens (tertiary/aromatic N) is 3. The third-order valence-corrected chi connectivity index (χ3v) is 5.50. The minimum Gasteiger partial charge on any atom is -0.310 e. The smallest absolute Gasteiger partial charge is 0.255 e. The summed E-state index contributed by atoms with van der Waals surface area (Å²) < 4.78 is 0. The van der Waals surface area contributed by atoms with Gasteiger partial charge in [0.05, 0.1) is 22.0 Å².